The summed E-state index contributed by atoms with van der Waals surface area (Å²) in [5.41, 5.74) is 0. The van der Waals surface area contributed by atoms with Gasteiger partial charge in [-0.2, -0.15) is 0 Å². The molecule has 0 aromatic carbocycles. The lowest BCUT2D eigenvalue weighted by molar-refractivity contribution is -0.254. The minimum Gasteiger partial charge on any atom is -0.350 e. The Bertz CT molecular complexity index is 227. The molecule has 0 amide bonds. The van der Waals surface area contributed by atoms with E-state index in [0.29, 0.717) is 5.92 Å². The highest BCUT2D eigenvalue weighted by molar-refractivity contribution is 4.76. The third-order valence-corrected chi connectivity index (χ3v) is 4.49. The summed E-state index contributed by atoms with van der Waals surface area (Å²) in [7, 11) is 2.02. The van der Waals surface area contributed by atoms with E-state index in [1.54, 1.807) is 0 Å². The van der Waals surface area contributed by atoms with E-state index < -0.39 is 5.79 Å². The Balaban J connectivity index is 4.37. The number of unbranched alkanes of at least 4 members (excludes halogenated alkanes) is 5. The van der Waals surface area contributed by atoms with Gasteiger partial charge in [0.25, 0.3) is 0 Å². The van der Waals surface area contributed by atoms with Gasteiger partial charge in [0.2, 0.25) is 0 Å². The summed E-state index contributed by atoms with van der Waals surface area (Å²) < 4.78 is 12.0. The topological polar surface area (TPSA) is 30.5 Å². The van der Waals surface area contributed by atoms with E-state index in [2.05, 4.69) is 33.0 Å². The molecule has 0 aliphatic rings. The van der Waals surface area contributed by atoms with E-state index in [0.717, 1.165) is 19.8 Å². The lowest BCUT2D eigenvalue weighted by Gasteiger charge is -2.37. The van der Waals surface area contributed by atoms with Gasteiger partial charge in [0.1, 0.15) is 0 Å². The van der Waals surface area contributed by atoms with Gasteiger partial charge in [-0.3, -0.25) is 0 Å². The summed E-state index contributed by atoms with van der Waals surface area (Å²) >= 11 is 0. The fourth-order valence-electron chi connectivity index (χ4n) is 3.22. The highest BCUT2D eigenvalue weighted by Gasteiger charge is 2.34. The van der Waals surface area contributed by atoms with Crippen LogP contribution < -0.4 is 5.32 Å². The number of hydrogen-bond donors (Lipinski definition) is 1. The molecule has 0 saturated carbocycles. The number of hydrogen-bond acceptors (Lipinski definition) is 3. The molecule has 0 saturated heterocycles. The Morgan fingerprint density at radius 2 is 1.36 bits per heavy atom. The van der Waals surface area contributed by atoms with Crippen molar-refractivity contribution in [1.82, 2.24) is 5.32 Å². The van der Waals surface area contributed by atoms with Crippen LogP contribution in [0.1, 0.15) is 85.5 Å². The molecular weight excluding hydrogens is 274 g/mol. The van der Waals surface area contributed by atoms with E-state index in [1.165, 1.54) is 57.8 Å². The van der Waals surface area contributed by atoms with Gasteiger partial charge in [0, 0.05) is 19.1 Å². The normalized spacial score (nSPS) is 13.5. The largest absolute Gasteiger partial charge is 0.350 e. The molecule has 0 aliphatic carbocycles. The van der Waals surface area contributed by atoms with Crippen LogP contribution >= 0.6 is 0 Å². The van der Waals surface area contributed by atoms with Crippen molar-refractivity contribution in [3.8, 4) is 0 Å². The second kappa shape index (κ2) is 14.5. The summed E-state index contributed by atoms with van der Waals surface area (Å²) in [5, 5.41) is 3.25. The highest BCUT2D eigenvalue weighted by Crippen LogP contribution is 2.32. The minimum absolute atomic E-state index is 0.416. The lowest BCUT2D eigenvalue weighted by Crippen LogP contribution is -2.41. The van der Waals surface area contributed by atoms with Crippen LogP contribution in [0.15, 0.2) is 0 Å². The van der Waals surface area contributed by atoms with Crippen molar-refractivity contribution in [2.24, 2.45) is 5.92 Å². The van der Waals surface area contributed by atoms with Gasteiger partial charge in [-0.25, -0.2) is 0 Å². The maximum Gasteiger partial charge on any atom is 0.168 e. The van der Waals surface area contributed by atoms with Crippen LogP contribution in [0.3, 0.4) is 0 Å². The molecule has 0 radical (unpaired) electrons. The Labute approximate surface area is 139 Å². The van der Waals surface area contributed by atoms with Gasteiger partial charge in [0.05, 0.1) is 0 Å². The quantitative estimate of drug-likeness (QED) is 0.316. The van der Waals surface area contributed by atoms with Crippen molar-refractivity contribution >= 4 is 0 Å². The molecule has 1 N–H and O–H groups in total. The zero-order valence-electron chi connectivity index (χ0n) is 15.9. The molecule has 0 aromatic heterocycles. The molecule has 0 rings (SSSR count). The predicted octanol–water partition coefficient (Wildman–Crippen LogP) is 5.14. The maximum atomic E-state index is 6.02. The average molecular weight is 316 g/mol. The third kappa shape index (κ3) is 9.81. The first-order valence-corrected chi connectivity index (χ1v) is 9.57. The fourth-order valence-corrected chi connectivity index (χ4v) is 3.22. The SMILES string of the molecule is CCCCCCCCC(CCCNC)C(C)(OCC)OCC. The monoisotopic (exact) mass is 315 g/mol. The molecule has 0 spiro atoms. The van der Waals surface area contributed by atoms with Crippen molar-refractivity contribution in [3.63, 3.8) is 0 Å². The van der Waals surface area contributed by atoms with Crippen LogP contribution in [0, 0.1) is 5.92 Å². The van der Waals surface area contributed by atoms with E-state index in [1.807, 2.05) is 7.05 Å². The van der Waals surface area contributed by atoms with Crippen molar-refractivity contribution < 1.29 is 9.47 Å². The molecule has 0 aromatic rings. The number of rotatable bonds is 16. The van der Waals surface area contributed by atoms with Gasteiger partial charge < -0.3 is 14.8 Å². The van der Waals surface area contributed by atoms with Gasteiger partial charge in [0.15, 0.2) is 5.79 Å². The van der Waals surface area contributed by atoms with Gasteiger partial charge >= 0.3 is 0 Å². The molecule has 1 atom stereocenters. The molecule has 22 heavy (non-hydrogen) atoms. The average Bonchev–Trinajstić information content (AvgIpc) is 2.49. The van der Waals surface area contributed by atoms with Gasteiger partial charge in [-0.1, -0.05) is 45.4 Å². The van der Waals surface area contributed by atoms with Crippen LogP contribution in [0.4, 0.5) is 0 Å². The zero-order valence-corrected chi connectivity index (χ0v) is 15.9. The third-order valence-electron chi connectivity index (χ3n) is 4.49. The van der Waals surface area contributed by atoms with Crippen LogP contribution in [0.25, 0.3) is 0 Å². The zero-order chi connectivity index (χ0) is 16.7. The van der Waals surface area contributed by atoms with Crippen LogP contribution in [-0.2, 0) is 9.47 Å². The fraction of sp³-hybridized carbons (Fsp3) is 1.00. The van der Waals surface area contributed by atoms with Crippen molar-refractivity contribution in [2.75, 3.05) is 26.8 Å². The van der Waals surface area contributed by atoms with Crippen molar-refractivity contribution in [3.05, 3.63) is 0 Å². The summed E-state index contributed by atoms with van der Waals surface area (Å²) in [6.45, 7) is 11.0. The summed E-state index contributed by atoms with van der Waals surface area (Å²) in [6, 6.07) is 0. The smallest absolute Gasteiger partial charge is 0.168 e. The Kier molecular flexibility index (Phi) is 14.4. The number of ether oxygens (including phenoxy) is 2. The lowest BCUT2D eigenvalue weighted by atomic mass is 9.88. The first-order chi connectivity index (χ1) is 10.6. The molecule has 1 unspecified atom stereocenters. The molecule has 3 heteroatoms. The summed E-state index contributed by atoms with van der Waals surface area (Å²) in [4.78, 5) is 0. The first-order valence-electron chi connectivity index (χ1n) is 9.57. The van der Waals surface area contributed by atoms with Crippen LogP contribution in [0.2, 0.25) is 0 Å². The van der Waals surface area contributed by atoms with Crippen molar-refractivity contribution in [1.29, 1.82) is 0 Å². The Hall–Kier alpha value is -0.120. The second-order valence-electron chi connectivity index (χ2n) is 6.38. The second-order valence-corrected chi connectivity index (χ2v) is 6.38. The highest BCUT2D eigenvalue weighted by atomic mass is 16.7. The van der Waals surface area contributed by atoms with E-state index in [9.17, 15) is 0 Å². The standard InChI is InChI=1S/C19H41NO2/c1-6-9-10-11-12-13-15-18(16-14-17-20-5)19(4,21-7-2)22-8-3/h18,20H,6-17H2,1-5H3. The van der Waals surface area contributed by atoms with E-state index in [4.69, 9.17) is 9.47 Å². The molecule has 134 valence electrons. The maximum absolute atomic E-state index is 6.02. The molecule has 3 nitrogen and oxygen atoms in total. The van der Waals surface area contributed by atoms with Crippen LogP contribution in [-0.4, -0.2) is 32.6 Å². The molecule has 0 aliphatic heterocycles. The summed E-state index contributed by atoms with van der Waals surface area (Å²) in [6.07, 6.45) is 11.7. The number of nitrogens with one attached hydrogen (secondary N) is 1. The first kappa shape index (κ1) is 21.9. The minimum atomic E-state index is -0.416. The van der Waals surface area contributed by atoms with E-state index >= 15 is 0 Å². The molecular formula is C19H41NO2. The van der Waals surface area contributed by atoms with Gasteiger partial charge in [-0.05, 0) is 53.6 Å². The van der Waals surface area contributed by atoms with Crippen molar-refractivity contribution in [2.45, 2.75) is 91.3 Å². The molecule has 0 fully saturated rings. The Morgan fingerprint density at radius 1 is 0.818 bits per heavy atom. The predicted molar refractivity (Wildman–Crippen MR) is 96.3 cm³/mol. The van der Waals surface area contributed by atoms with E-state index in [-0.39, 0.29) is 0 Å². The molecule has 0 bridgehead atoms. The van der Waals surface area contributed by atoms with Crippen LogP contribution in [0.5, 0.6) is 0 Å². The summed E-state index contributed by atoms with van der Waals surface area (Å²) in [5.74, 6) is 0.0765. The molecule has 0 heterocycles. The van der Waals surface area contributed by atoms with Gasteiger partial charge in [-0.15, -0.1) is 0 Å². The Morgan fingerprint density at radius 3 is 1.91 bits per heavy atom.